The summed E-state index contributed by atoms with van der Waals surface area (Å²) in [4.78, 5) is 36.2. The average molecular weight is 428 g/mol. The van der Waals surface area contributed by atoms with Crippen molar-refractivity contribution >= 4 is 50.6 Å². The second-order valence-corrected chi connectivity index (χ2v) is 9.14. The molecule has 0 radical (unpaired) electrons. The molecule has 1 aromatic carbocycles. The Hall–Kier alpha value is -2.42. The molecule has 4 rings (SSSR count). The number of aromatic nitrogens is 2. The summed E-state index contributed by atoms with van der Waals surface area (Å²) >= 11 is 4.73. The Balaban J connectivity index is 1.52. The molecule has 0 bridgehead atoms. The van der Waals surface area contributed by atoms with E-state index in [0.717, 1.165) is 10.6 Å². The van der Waals surface area contributed by atoms with Crippen molar-refractivity contribution in [2.24, 2.45) is 0 Å². The monoisotopic (exact) mass is 427 g/mol. The van der Waals surface area contributed by atoms with Crippen LogP contribution in [0.2, 0.25) is 0 Å². The minimum Gasteiger partial charge on any atom is -0.334 e. The zero-order valence-electron chi connectivity index (χ0n) is 15.0. The maximum absolute atomic E-state index is 13.0. The van der Waals surface area contributed by atoms with Gasteiger partial charge in [-0.25, -0.2) is 4.98 Å². The zero-order valence-corrected chi connectivity index (χ0v) is 17.5. The molecule has 0 saturated heterocycles. The summed E-state index contributed by atoms with van der Waals surface area (Å²) in [6.07, 6.45) is 0. The van der Waals surface area contributed by atoms with Crippen molar-refractivity contribution in [2.45, 2.75) is 17.2 Å². The molecule has 8 heteroatoms. The minimum atomic E-state index is -0.164. The van der Waals surface area contributed by atoms with Gasteiger partial charge < -0.3 is 9.88 Å². The van der Waals surface area contributed by atoms with Crippen molar-refractivity contribution in [3.8, 4) is 0 Å². The van der Waals surface area contributed by atoms with Crippen LogP contribution in [0.15, 0.2) is 62.9 Å². The van der Waals surface area contributed by atoms with E-state index in [-0.39, 0.29) is 18.0 Å². The van der Waals surface area contributed by atoms with Gasteiger partial charge in [0, 0.05) is 22.6 Å². The lowest BCUT2D eigenvalue weighted by Gasteiger charge is -2.18. The quantitative estimate of drug-likeness (QED) is 0.456. The molecule has 5 nitrogen and oxygen atoms in total. The Morgan fingerprint density at radius 2 is 2.00 bits per heavy atom. The van der Waals surface area contributed by atoms with Crippen LogP contribution in [0.3, 0.4) is 0 Å². The second-order valence-electron chi connectivity index (χ2n) is 6.17. The maximum Gasteiger partial charge on any atom is 0.268 e. The third-order valence-electron chi connectivity index (χ3n) is 4.17. The Bertz CT molecular complexity index is 1160. The Morgan fingerprint density at radius 1 is 1.14 bits per heavy atom. The first-order valence-corrected chi connectivity index (χ1v) is 11.3. The smallest absolute Gasteiger partial charge is 0.268 e. The SMILES string of the molecule is CN(Cc1nc2ccsc2c(=O)[nH]1)C(=O)c1ccccc1SCc1cccs1. The average Bonchev–Trinajstić information content (AvgIpc) is 3.38. The highest BCUT2D eigenvalue weighted by molar-refractivity contribution is 7.98. The fraction of sp³-hybridized carbons (Fsp3) is 0.150. The second kappa shape index (κ2) is 8.30. The highest BCUT2D eigenvalue weighted by atomic mass is 32.2. The normalized spacial score (nSPS) is 11.0. The van der Waals surface area contributed by atoms with Gasteiger partial charge in [-0.15, -0.1) is 34.4 Å². The molecule has 4 aromatic rings. The number of nitrogens with zero attached hydrogens (tertiary/aromatic N) is 2. The molecule has 0 aliphatic heterocycles. The van der Waals surface area contributed by atoms with E-state index >= 15 is 0 Å². The molecule has 1 N–H and O–H groups in total. The third-order valence-corrected chi connectivity index (χ3v) is 7.25. The Kier molecular flexibility index (Phi) is 5.61. The molecule has 0 aliphatic carbocycles. The van der Waals surface area contributed by atoms with Crippen molar-refractivity contribution in [3.63, 3.8) is 0 Å². The molecule has 3 heterocycles. The fourth-order valence-electron chi connectivity index (χ4n) is 2.81. The summed E-state index contributed by atoms with van der Waals surface area (Å²) in [5.41, 5.74) is 1.16. The number of rotatable bonds is 6. The number of aromatic amines is 1. The fourth-order valence-corrected chi connectivity index (χ4v) is 5.35. The van der Waals surface area contributed by atoms with Crippen LogP contribution in [0.5, 0.6) is 0 Å². The number of hydrogen-bond donors (Lipinski definition) is 1. The topological polar surface area (TPSA) is 66.1 Å². The number of hydrogen-bond acceptors (Lipinski definition) is 6. The van der Waals surface area contributed by atoms with E-state index in [1.807, 2.05) is 41.8 Å². The molecular formula is C20H17N3O2S3. The number of carbonyl (C=O) groups is 1. The van der Waals surface area contributed by atoms with E-state index < -0.39 is 0 Å². The number of thiophene rings is 2. The van der Waals surface area contributed by atoms with E-state index in [1.54, 1.807) is 35.0 Å². The minimum absolute atomic E-state index is 0.0951. The van der Waals surface area contributed by atoms with E-state index in [9.17, 15) is 9.59 Å². The van der Waals surface area contributed by atoms with Crippen LogP contribution in [0.1, 0.15) is 21.1 Å². The van der Waals surface area contributed by atoms with Crippen LogP contribution in [-0.4, -0.2) is 27.8 Å². The predicted molar refractivity (Wildman–Crippen MR) is 116 cm³/mol. The predicted octanol–water partition coefficient (Wildman–Crippen LogP) is 4.61. The van der Waals surface area contributed by atoms with Gasteiger partial charge in [0.1, 0.15) is 10.5 Å². The summed E-state index contributed by atoms with van der Waals surface area (Å²) < 4.78 is 0.605. The molecule has 3 aromatic heterocycles. The van der Waals surface area contributed by atoms with Crippen LogP contribution >= 0.6 is 34.4 Å². The molecule has 0 atom stereocenters. The number of benzene rings is 1. The first-order valence-electron chi connectivity index (χ1n) is 8.58. The van der Waals surface area contributed by atoms with Gasteiger partial charge in [0.15, 0.2) is 0 Å². The summed E-state index contributed by atoms with van der Waals surface area (Å²) in [5.74, 6) is 1.22. The number of H-pyrrole nitrogens is 1. The lowest BCUT2D eigenvalue weighted by Crippen LogP contribution is -2.28. The molecule has 0 fully saturated rings. The van der Waals surface area contributed by atoms with Gasteiger partial charge in [-0.2, -0.15) is 0 Å². The number of thioether (sulfide) groups is 1. The van der Waals surface area contributed by atoms with Crippen molar-refractivity contribution in [1.82, 2.24) is 14.9 Å². The lowest BCUT2D eigenvalue weighted by atomic mass is 10.2. The van der Waals surface area contributed by atoms with Crippen LogP contribution in [0.4, 0.5) is 0 Å². The Labute approximate surface area is 174 Å². The first kappa shape index (κ1) is 18.9. The standard InChI is InChI=1S/C20H17N3O2S3/c1-23(11-17-21-15-8-10-27-18(15)19(24)22-17)20(25)14-6-2-3-7-16(14)28-12-13-5-4-9-26-13/h2-10H,11-12H2,1H3,(H,21,22,24). The summed E-state index contributed by atoms with van der Waals surface area (Å²) in [5, 5.41) is 3.89. The van der Waals surface area contributed by atoms with Crippen LogP contribution in [0.25, 0.3) is 10.2 Å². The van der Waals surface area contributed by atoms with Crippen molar-refractivity contribution in [2.75, 3.05) is 7.05 Å². The highest BCUT2D eigenvalue weighted by Gasteiger charge is 2.17. The van der Waals surface area contributed by atoms with Gasteiger partial charge in [-0.3, -0.25) is 9.59 Å². The van der Waals surface area contributed by atoms with Crippen molar-refractivity contribution < 1.29 is 4.79 Å². The van der Waals surface area contributed by atoms with Crippen LogP contribution in [-0.2, 0) is 12.3 Å². The highest BCUT2D eigenvalue weighted by Crippen LogP contribution is 2.28. The van der Waals surface area contributed by atoms with Gasteiger partial charge in [-0.1, -0.05) is 18.2 Å². The molecule has 28 heavy (non-hydrogen) atoms. The molecule has 1 amide bonds. The summed E-state index contributed by atoms with van der Waals surface area (Å²) in [6, 6.07) is 13.6. The van der Waals surface area contributed by atoms with E-state index in [4.69, 9.17) is 0 Å². The van der Waals surface area contributed by atoms with Crippen LogP contribution < -0.4 is 5.56 Å². The van der Waals surface area contributed by atoms with E-state index in [1.165, 1.54) is 16.2 Å². The van der Waals surface area contributed by atoms with Gasteiger partial charge in [-0.05, 0) is 35.0 Å². The van der Waals surface area contributed by atoms with Gasteiger partial charge >= 0.3 is 0 Å². The molecular weight excluding hydrogens is 410 g/mol. The summed E-state index contributed by atoms with van der Waals surface area (Å²) in [6.45, 7) is 0.240. The van der Waals surface area contributed by atoms with Crippen LogP contribution in [0, 0.1) is 0 Å². The number of nitrogens with one attached hydrogen (secondary N) is 1. The van der Waals surface area contributed by atoms with Crippen molar-refractivity contribution in [3.05, 3.63) is 79.8 Å². The van der Waals surface area contributed by atoms with Crippen molar-refractivity contribution in [1.29, 1.82) is 0 Å². The molecule has 0 saturated carbocycles. The zero-order chi connectivity index (χ0) is 19.5. The molecule has 0 spiro atoms. The van der Waals surface area contributed by atoms with Gasteiger partial charge in [0.25, 0.3) is 11.5 Å². The van der Waals surface area contributed by atoms with Gasteiger partial charge in [0.05, 0.1) is 17.6 Å². The van der Waals surface area contributed by atoms with E-state index in [2.05, 4.69) is 21.4 Å². The van der Waals surface area contributed by atoms with Gasteiger partial charge in [0.2, 0.25) is 0 Å². The lowest BCUT2D eigenvalue weighted by molar-refractivity contribution is 0.0778. The number of carbonyl (C=O) groups excluding carboxylic acids is 1. The largest absolute Gasteiger partial charge is 0.334 e. The number of fused-ring (bicyclic) bond motifs is 1. The third kappa shape index (κ3) is 4.04. The number of amides is 1. The Morgan fingerprint density at radius 3 is 2.82 bits per heavy atom. The van der Waals surface area contributed by atoms with E-state index in [0.29, 0.717) is 21.6 Å². The molecule has 0 unspecified atom stereocenters. The first-order chi connectivity index (χ1) is 13.6. The molecule has 0 aliphatic rings. The summed E-state index contributed by atoms with van der Waals surface area (Å²) in [7, 11) is 1.72. The molecule has 142 valence electrons. The maximum atomic E-state index is 13.0.